The van der Waals surface area contributed by atoms with E-state index in [0.717, 1.165) is 6.54 Å². The molecule has 0 spiro atoms. The van der Waals surface area contributed by atoms with E-state index in [4.69, 9.17) is 9.26 Å². The summed E-state index contributed by atoms with van der Waals surface area (Å²) in [5, 5.41) is 6.37. The van der Waals surface area contributed by atoms with Crippen molar-refractivity contribution in [2.24, 2.45) is 11.3 Å². The van der Waals surface area contributed by atoms with E-state index in [1.165, 1.54) is 25.9 Å². The smallest absolute Gasteiger partial charge is 0.414 e. The maximum atomic E-state index is 11.7. The van der Waals surface area contributed by atoms with Gasteiger partial charge in [-0.1, -0.05) is 20.8 Å². The number of piperidine rings is 3. The minimum Gasteiger partial charge on any atom is -0.449 e. The lowest BCUT2D eigenvalue weighted by atomic mass is 9.79. The lowest BCUT2D eigenvalue weighted by molar-refractivity contribution is 0.0727. The van der Waals surface area contributed by atoms with Gasteiger partial charge in [0.25, 0.3) is 5.95 Å². The molecule has 3 aliphatic heterocycles. The van der Waals surface area contributed by atoms with Gasteiger partial charge in [-0.25, -0.2) is 4.79 Å². The molecule has 1 aromatic heterocycles. The molecule has 0 aromatic carbocycles. The second-order valence-electron chi connectivity index (χ2n) is 7.46. The summed E-state index contributed by atoms with van der Waals surface area (Å²) in [6, 6.07) is 0. The fraction of sp³-hybridized carbons (Fsp3) is 0.800. The van der Waals surface area contributed by atoms with Gasteiger partial charge < -0.3 is 14.2 Å². The van der Waals surface area contributed by atoms with Gasteiger partial charge >= 0.3 is 6.09 Å². The third-order valence-corrected chi connectivity index (χ3v) is 4.27. The number of nitrogens with zero attached hydrogens (tertiary/aromatic N) is 3. The molecule has 1 aromatic rings. The van der Waals surface area contributed by atoms with E-state index >= 15 is 0 Å². The van der Waals surface area contributed by atoms with Crippen molar-refractivity contribution in [3.63, 3.8) is 0 Å². The Kier molecular flexibility index (Phi) is 4.08. The van der Waals surface area contributed by atoms with E-state index < -0.39 is 6.09 Å². The molecular weight excluding hydrogens is 284 g/mol. The van der Waals surface area contributed by atoms with Crippen molar-refractivity contribution in [2.75, 3.05) is 31.6 Å². The zero-order valence-electron chi connectivity index (χ0n) is 13.5. The van der Waals surface area contributed by atoms with Crippen molar-refractivity contribution < 1.29 is 14.1 Å². The van der Waals surface area contributed by atoms with Gasteiger partial charge in [0.2, 0.25) is 5.89 Å². The van der Waals surface area contributed by atoms with Crippen LogP contribution in [0.15, 0.2) is 4.52 Å². The highest BCUT2D eigenvalue weighted by molar-refractivity contribution is 5.82. The number of amides is 1. The zero-order valence-corrected chi connectivity index (χ0v) is 13.5. The summed E-state index contributed by atoms with van der Waals surface area (Å²) in [7, 11) is 0. The Morgan fingerprint density at radius 3 is 2.73 bits per heavy atom. The molecule has 0 radical (unpaired) electrons. The van der Waals surface area contributed by atoms with Crippen molar-refractivity contribution >= 4 is 12.0 Å². The van der Waals surface area contributed by atoms with Gasteiger partial charge in [-0.05, 0) is 42.4 Å². The van der Waals surface area contributed by atoms with Crippen molar-refractivity contribution in [2.45, 2.75) is 39.5 Å². The molecule has 2 bridgehead atoms. The van der Waals surface area contributed by atoms with Crippen LogP contribution in [0.25, 0.3) is 0 Å². The molecule has 7 heteroatoms. The number of anilines is 1. The van der Waals surface area contributed by atoms with Crippen molar-refractivity contribution in [1.29, 1.82) is 0 Å². The van der Waals surface area contributed by atoms with Crippen LogP contribution in [-0.2, 0) is 4.74 Å². The fourth-order valence-corrected chi connectivity index (χ4v) is 3.09. The molecular formula is C15H24N4O3. The van der Waals surface area contributed by atoms with Crippen LogP contribution in [0.3, 0.4) is 0 Å². The van der Waals surface area contributed by atoms with E-state index in [9.17, 15) is 4.79 Å². The molecule has 122 valence electrons. The zero-order chi connectivity index (χ0) is 15.7. The fourth-order valence-electron chi connectivity index (χ4n) is 3.09. The summed E-state index contributed by atoms with van der Waals surface area (Å²) in [5.74, 6) is 1.72. The van der Waals surface area contributed by atoms with E-state index in [1.54, 1.807) is 0 Å². The van der Waals surface area contributed by atoms with Gasteiger partial charge in [0.05, 0.1) is 12.5 Å². The van der Waals surface area contributed by atoms with Crippen LogP contribution in [0.4, 0.5) is 10.7 Å². The molecule has 0 aliphatic carbocycles. The number of ether oxygens (including phenoxy) is 1. The predicted molar refractivity (Wildman–Crippen MR) is 80.6 cm³/mol. The molecule has 1 amide bonds. The number of hydrogen-bond donors (Lipinski definition) is 1. The van der Waals surface area contributed by atoms with Crippen LogP contribution in [0, 0.1) is 11.3 Å². The summed E-state index contributed by atoms with van der Waals surface area (Å²) in [5.41, 5.74) is -0.0739. The summed E-state index contributed by atoms with van der Waals surface area (Å²) in [6.07, 6.45) is 1.82. The maximum absolute atomic E-state index is 11.7. The Hall–Kier alpha value is -1.63. The highest BCUT2D eigenvalue weighted by Crippen LogP contribution is 2.38. The van der Waals surface area contributed by atoms with Crippen molar-refractivity contribution in [3.8, 4) is 0 Å². The van der Waals surface area contributed by atoms with Crippen molar-refractivity contribution in [3.05, 3.63) is 5.89 Å². The maximum Gasteiger partial charge on any atom is 0.414 e. The number of nitrogens with one attached hydrogen (secondary N) is 1. The van der Waals surface area contributed by atoms with Gasteiger partial charge in [-0.2, -0.15) is 4.98 Å². The van der Waals surface area contributed by atoms with Gasteiger partial charge in [-0.15, -0.1) is 0 Å². The van der Waals surface area contributed by atoms with Crippen LogP contribution in [-0.4, -0.2) is 47.4 Å². The molecule has 3 saturated heterocycles. The quantitative estimate of drug-likeness (QED) is 0.924. The first-order valence-electron chi connectivity index (χ1n) is 7.90. The molecule has 7 nitrogen and oxygen atoms in total. The van der Waals surface area contributed by atoms with E-state index in [2.05, 4.69) is 20.4 Å². The lowest BCUT2D eigenvalue weighted by Gasteiger charge is -2.43. The number of carbonyl (C=O) groups is 1. The third kappa shape index (κ3) is 3.58. The highest BCUT2D eigenvalue weighted by Gasteiger charge is 2.38. The number of carbonyl (C=O) groups excluding carboxylic acids is 1. The van der Waals surface area contributed by atoms with Gasteiger partial charge in [0.15, 0.2) is 0 Å². The summed E-state index contributed by atoms with van der Waals surface area (Å²) in [6.45, 7) is 9.64. The first-order valence-corrected chi connectivity index (χ1v) is 7.90. The Morgan fingerprint density at radius 1 is 1.41 bits per heavy atom. The van der Waals surface area contributed by atoms with Crippen molar-refractivity contribution in [1.82, 2.24) is 15.0 Å². The first-order chi connectivity index (χ1) is 10.4. The van der Waals surface area contributed by atoms with E-state index in [-0.39, 0.29) is 17.3 Å². The minimum absolute atomic E-state index is 0.0739. The van der Waals surface area contributed by atoms with Crippen LogP contribution >= 0.6 is 0 Å². The summed E-state index contributed by atoms with van der Waals surface area (Å²) in [4.78, 5) is 18.5. The number of rotatable bonds is 3. The van der Waals surface area contributed by atoms with E-state index in [0.29, 0.717) is 18.4 Å². The number of fused-ring (bicyclic) bond motifs is 3. The minimum atomic E-state index is -0.545. The SMILES string of the molecule is CC(C)(C)COC(=O)Nc1noc(C2CN3CCC2CC3)n1. The molecule has 0 saturated carbocycles. The average molecular weight is 308 g/mol. The largest absolute Gasteiger partial charge is 0.449 e. The van der Waals surface area contributed by atoms with Crippen LogP contribution in [0.2, 0.25) is 0 Å². The number of aromatic nitrogens is 2. The van der Waals surface area contributed by atoms with Gasteiger partial charge in [0, 0.05) is 6.54 Å². The molecule has 1 N–H and O–H groups in total. The predicted octanol–water partition coefficient (Wildman–Crippen LogP) is 2.47. The Bertz CT molecular complexity index is 529. The highest BCUT2D eigenvalue weighted by atomic mass is 16.6. The summed E-state index contributed by atoms with van der Waals surface area (Å²) < 4.78 is 10.5. The van der Waals surface area contributed by atoms with Gasteiger partial charge in [-0.3, -0.25) is 5.32 Å². The molecule has 1 unspecified atom stereocenters. The van der Waals surface area contributed by atoms with E-state index in [1.807, 2.05) is 20.8 Å². The second-order valence-corrected chi connectivity index (χ2v) is 7.46. The molecule has 4 heterocycles. The third-order valence-electron chi connectivity index (χ3n) is 4.27. The van der Waals surface area contributed by atoms with Gasteiger partial charge in [0.1, 0.15) is 0 Å². The number of hydrogen-bond acceptors (Lipinski definition) is 6. The molecule has 1 atom stereocenters. The average Bonchev–Trinajstić information content (AvgIpc) is 2.94. The first kappa shape index (κ1) is 15.3. The standard InChI is InChI=1S/C15H24N4O3/c1-15(2,3)9-21-14(20)17-13-16-12(22-18-13)11-8-19-6-4-10(11)5-7-19/h10-11H,4-9H2,1-3H3,(H,17,18,20). The molecule has 3 aliphatic rings. The molecule has 22 heavy (non-hydrogen) atoms. The monoisotopic (exact) mass is 308 g/mol. The van der Waals surface area contributed by atoms with Crippen LogP contribution in [0.5, 0.6) is 0 Å². The Morgan fingerprint density at radius 2 is 2.14 bits per heavy atom. The molecule has 4 rings (SSSR count). The Balaban J connectivity index is 1.56. The second kappa shape index (κ2) is 5.87. The topological polar surface area (TPSA) is 80.5 Å². The normalized spacial score (nSPS) is 27.7. The van der Waals surface area contributed by atoms with Crippen LogP contribution in [0.1, 0.15) is 45.4 Å². The van der Waals surface area contributed by atoms with Crippen LogP contribution < -0.4 is 5.32 Å². The molecule has 3 fully saturated rings. The summed E-state index contributed by atoms with van der Waals surface area (Å²) >= 11 is 0. The lowest BCUT2D eigenvalue weighted by Crippen LogP contribution is -2.46. The Labute approximate surface area is 130 Å².